The highest BCUT2D eigenvalue weighted by molar-refractivity contribution is 14.0. The molecule has 1 aromatic carbocycles. The highest BCUT2D eigenvalue weighted by Crippen LogP contribution is 2.26. The number of aromatic nitrogens is 1. The van der Waals surface area contributed by atoms with E-state index < -0.39 is 5.60 Å². The number of guanidine groups is 1. The number of methoxy groups -OCH3 is 1. The Morgan fingerprint density at radius 2 is 1.97 bits per heavy atom. The number of halogens is 1. The van der Waals surface area contributed by atoms with Crippen LogP contribution in [0, 0.1) is 6.92 Å². The molecule has 2 heterocycles. The molecule has 3 rings (SSSR count). The van der Waals surface area contributed by atoms with Gasteiger partial charge in [0.2, 0.25) is 0 Å². The van der Waals surface area contributed by atoms with Crippen molar-refractivity contribution in [1.82, 2.24) is 15.6 Å². The average Bonchev–Trinajstić information content (AvgIpc) is 3.40. The lowest BCUT2D eigenvalue weighted by atomic mass is 10.0. The third kappa shape index (κ3) is 6.94. The van der Waals surface area contributed by atoms with Gasteiger partial charge in [-0.25, -0.2) is 9.98 Å². The standard InChI is InChI=1S/C22H28N4O3S.HI/c1-5-23-21(25-14-22(3,27)19-11-6-15(2)29-19)24-12-17-13-30-20(26-17)16-7-9-18(28-4)10-8-16;/h6-11,13,27H,5,12,14H2,1-4H3,(H2,23,24,25);1H. The summed E-state index contributed by atoms with van der Waals surface area (Å²) in [7, 11) is 1.65. The summed E-state index contributed by atoms with van der Waals surface area (Å²) >= 11 is 1.58. The number of aryl methyl sites for hydroxylation is 1. The number of hydrogen-bond acceptors (Lipinski definition) is 6. The van der Waals surface area contributed by atoms with Gasteiger partial charge in [-0.3, -0.25) is 0 Å². The Hall–Kier alpha value is -2.11. The summed E-state index contributed by atoms with van der Waals surface area (Å²) < 4.78 is 10.8. The van der Waals surface area contributed by atoms with Crippen LogP contribution in [0.4, 0.5) is 0 Å². The average molecular weight is 556 g/mol. The fraction of sp³-hybridized carbons (Fsp3) is 0.364. The molecule has 0 aliphatic heterocycles. The first-order valence-corrected chi connectivity index (χ1v) is 10.7. The van der Waals surface area contributed by atoms with Crippen LogP contribution in [0.2, 0.25) is 0 Å². The Balaban J connectivity index is 0.00000341. The zero-order valence-electron chi connectivity index (χ0n) is 18.1. The van der Waals surface area contributed by atoms with E-state index in [0.717, 1.165) is 27.8 Å². The maximum absolute atomic E-state index is 10.7. The van der Waals surface area contributed by atoms with Crippen LogP contribution in [0.15, 0.2) is 51.2 Å². The molecule has 0 saturated carbocycles. The summed E-state index contributed by atoms with van der Waals surface area (Å²) in [5.41, 5.74) is 0.786. The van der Waals surface area contributed by atoms with E-state index >= 15 is 0 Å². The van der Waals surface area contributed by atoms with E-state index in [-0.39, 0.29) is 30.5 Å². The van der Waals surface area contributed by atoms with Crippen LogP contribution >= 0.6 is 35.3 Å². The summed E-state index contributed by atoms with van der Waals surface area (Å²) in [5, 5.41) is 20.0. The number of nitrogens with zero attached hydrogens (tertiary/aromatic N) is 2. The van der Waals surface area contributed by atoms with Gasteiger partial charge < -0.3 is 24.9 Å². The van der Waals surface area contributed by atoms with E-state index in [4.69, 9.17) is 9.15 Å². The predicted octanol–water partition coefficient (Wildman–Crippen LogP) is 4.30. The molecule has 0 bridgehead atoms. The molecule has 1 atom stereocenters. The van der Waals surface area contributed by atoms with Gasteiger partial charge >= 0.3 is 0 Å². The highest BCUT2D eigenvalue weighted by atomic mass is 127. The first-order chi connectivity index (χ1) is 14.4. The normalized spacial score (nSPS) is 13.3. The minimum Gasteiger partial charge on any atom is -0.497 e. The number of aliphatic imine (C=N–C) groups is 1. The number of ether oxygens (including phenoxy) is 1. The van der Waals surface area contributed by atoms with Gasteiger partial charge in [0.1, 0.15) is 27.9 Å². The molecule has 0 amide bonds. The highest BCUT2D eigenvalue weighted by Gasteiger charge is 2.27. The molecule has 0 aliphatic rings. The lowest BCUT2D eigenvalue weighted by Crippen LogP contribution is -2.44. The predicted molar refractivity (Wildman–Crippen MR) is 135 cm³/mol. The third-order valence-electron chi connectivity index (χ3n) is 4.50. The largest absolute Gasteiger partial charge is 0.497 e. The fourth-order valence-corrected chi connectivity index (χ4v) is 3.63. The van der Waals surface area contributed by atoms with Crippen LogP contribution in [0.3, 0.4) is 0 Å². The molecule has 0 radical (unpaired) electrons. The molecular weight excluding hydrogens is 527 g/mol. The van der Waals surface area contributed by atoms with Crippen molar-refractivity contribution in [2.24, 2.45) is 4.99 Å². The number of hydrogen-bond donors (Lipinski definition) is 3. The molecule has 0 spiro atoms. The van der Waals surface area contributed by atoms with Crippen LogP contribution < -0.4 is 15.4 Å². The van der Waals surface area contributed by atoms with E-state index in [1.54, 1.807) is 31.4 Å². The summed E-state index contributed by atoms with van der Waals surface area (Å²) in [6.07, 6.45) is 0. The zero-order chi connectivity index (χ0) is 21.6. The van der Waals surface area contributed by atoms with E-state index in [9.17, 15) is 5.11 Å². The lowest BCUT2D eigenvalue weighted by molar-refractivity contribution is 0.0378. The van der Waals surface area contributed by atoms with Gasteiger partial charge in [-0.15, -0.1) is 35.3 Å². The van der Waals surface area contributed by atoms with Crippen molar-refractivity contribution >= 4 is 41.3 Å². The van der Waals surface area contributed by atoms with Gasteiger partial charge in [-0.05, 0) is 57.2 Å². The zero-order valence-corrected chi connectivity index (χ0v) is 21.3. The minimum absolute atomic E-state index is 0. The third-order valence-corrected chi connectivity index (χ3v) is 5.44. The topological polar surface area (TPSA) is 91.9 Å². The van der Waals surface area contributed by atoms with E-state index in [0.29, 0.717) is 24.8 Å². The van der Waals surface area contributed by atoms with Crippen molar-refractivity contribution < 1.29 is 14.3 Å². The number of benzene rings is 1. The van der Waals surface area contributed by atoms with E-state index in [1.807, 2.05) is 49.6 Å². The van der Waals surface area contributed by atoms with E-state index in [2.05, 4.69) is 20.6 Å². The Kier molecular flexibility index (Phi) is 9.32. The van der Waals surface area contributed by atoms with Crippen molar-refractivity contribution in [2.45, 2.75) is 32.9 Å². The van der Waals surface area contributed by atoms with Gasteiger partial charge in [0, 0.05) is 17.5 Å². The van der Waals surface area contributed by atoms with Crippen molar-refractivity contribution in [1.29, 1.82) is 0 Å². The summed E-state index contributed by atoms with van der Waals surface area (Å²) in [6.45, 7) is 6.97. The first kappa shape index (κ1) is 25.2. The quantitative estimate of drug-likeness (QED) is 0.218. The Morgan fingerprint density at radius 1 is 1.23 bits per heavy atom. The molecule has 9 heteroatoms. The Bertz CT molecular complexity index is 983. The van der Waals surface area contributed by atoms with Gasteiger partial charge in [0.15, 0.2) is 5.96 Å². The number of furan rings is 1. The van der Waals surface area contributed by atoms with E-state index in [1.165, 1.54) is 0 Å². The maximum atomic E-state index is 10.7. The second-order valence-electron chi connectivity index (χ2n) is 7.11. The van der Waals surface area contributed by atoms with Crippen LogP contribution in [-0.4, -0.2) is 36.2 Å². The van der Waals surface area contributed by atoms with Crippen molar-refractivity contribution in [3.8, 4) is 16.3 Å². The smallest absolute Gasteiger partial charge is 0.191 e. The monoisotopic (exact) mass is 556 g/mol. The molecule has 31 heavy (non-hydrogen) atoms. The lowest BCUT2D eigenvalue weighted by Gasteiger charge is -2.22. The summed E-state index contributed by atoms with van der Waals surface area (Å²) in [6, 6.07) is 11.5. The van der Waals surface area contributed by atoms with Crippen LogP contribution in [-0.2, 0) is 12.1 Å². The molecule has 168 valence electrons. The molecule has 2 aromatic heterocycles. The van der Waals surface area contributed by atoms with Crippen molar-refractivity contribution in [3.63, 3.8) is 0 Å². The number of aliphatic hydroxyl groups is 1. The van der Waals surface area contributed by atoms with Crippen molar-refractivity contribution in [3.05, 3.63) is 59.0 Å². The minimum atomic E-state index is -1.15. The van der Waals surface area contributed by atoms with Gasteiger partial charge in [0.05, 0.1) is 25.9 Å². The van der Waals surface area contributed by atoms with Gasteiger partial charge in [-0.2, -0.15) is 0 Å². The maximum Gasteiger partial charge on any atom is 0.191 e. The van der Waals surface area contributed by atoms with Crippen LogP contribution in [0.1, 0.15) is 31.1 Å². The molecule has 0 saturated heterocycles. The van der Waals surface area contributed by atoms with Crippen molar-refractivity contribution in [2.75, 3.05) is 20.2 Å². The molecular formula is C22H29IN4O3S. The molecule has 7 nitrogen and oxygen atoms in total. The van der Waals surface area contributed by atoms with Gasteiger partial charge in [0.25, 0.3) is 0 Å². The molecule has 0 aliphatic carbocycles. The second kappa shape index (κ2) is 11.5. The fourth-order valence-electron chi connectivity index (χ4n) is 2.81. The summed E-state index contributed by atoms with van der Waals surface area (Å²) in [5.74, 6) is 2.72. The van der Waals surface area contributed by atoms with Crippen LogP contribution in [0.5, 0.6) is 5.75 Å². The molecule has 3 aromatic rings. The van der Waals surface area contributed by atoms with Crippen LogP contribution in [0.25, 0.3) is 10.6 Å². The molecule has 0 fully saturated rings. The number of nitrogens with one attached hydrogen (secondary N) is 2. The number of thiazole rings is 1. The Labute approximate surface area is 204 Å². The molecule has 1 unspecified atom stereocenters. The summed E-state index contributed by atoms with van der Waals surface area (Å²) in [4.78, 5) is 9.27. The molecule has 3 N–H and O–H groups in total. The SMILES string of the molecule is CCNC(=NCc1csc(-c2ccc(OC)cc2)n1)NCC(C)(O)c1ccc(C)o1.I. The number of rotatable bonds is 8. The van der Waals surface area contributed by atoms with Gasteiger partial charge in [-0.1, -0.05) is 0 Å². The Morgan fingerprint density at radius 3 is 2.58 bits per heavy atom. The second-order valence-corrected chi connectivity index (χ2v) is 7.96. The first-order valence-electron chi connectivity index (χ1n) is 9.81.